The van der Waals surface area contributed by atoms with Crippen molar-refractivity contribution in [2.75, 3.05) is 25.7 Å². The first-order chi connectivity index (χ1) is 18.0. The van der Waals surface area contributed by atoms with E-state index in [4.69, 9.17) is 23.4 Å². The van der Waals surface area contributed by atoms with Gasteiger partial charge in [-0.2, -0.15) is 0 Å². The zero-order valence-electron chi connectivity index (χ0n) is 21.5. The van der Waals surface area contributed by atoms with Crippen LogP contribution in [0, 0.1) is 0 Å². The largest absolute Gasteiger partial charge is 0.493 e. The fourth-order valence-electron chi connectivity index (χ4n) is 4.60. The topological polar surface area (TPSA) is 90.7 Å². The van der Waals surface area contributed by atoms with Gasteiger partial charge in [0.1, 0.15) is 6.61 Å². The zero-order valence-corrected chi connectivity index (χ0v) is 21.5. The smallest absolute Gasteiger partial charge is 0.414 e. The lowest BCUT2D eigenvalue weighted by Crippen LogP contribution is -2.47. The van der Waals surface area contributed by atoms with Crippen molar-refractivity contribution in [1.82, 2.24) is 4.90 Å². The molecule has 0 aliphatic carbocycles. The van der Waals surface area contributed by atoms with Crippen LogP contribution in [0.25, 0.3) is 0 Å². The number of fused-ring (bicyclic) bond motifs is 1. The lowest BCUT2D eigenvalue weighted by Gasteiger charge is -2.42. The van der Waals surface area contributed by atoms with E-state index in [1.54, 1.807) is 36.0 Å². The molecule has 0 N–H and O–H groups in total. The summed E-state index contributed by atoms with van der Waals surface area (Å²) in [7, 11) is 3.09. The van der Waals surface area contributed by atoms with Gasteiger partial charge in [-0.25, -0.2) is 9.59 Å². The fraction of sp³-hybridized carbons (Fsp3) is 0.357. The molecule has 1 aliphatic heterocycles. The first-order valence-corrected chi connectivity index (χ1v) is 12.2. The van der Waals surface area contributed by atoms with Crippen LogP contribution in [0.5, 0.6) is 11.5 Å². The van der Waals surface area contributed by atoms with Crippen LogP contribution in [0.1, 0.15) is 43.0 Å². The van der Waals surface area contributed by atoms with Gasteiger partial charge in [0.15, 0.2) is 11.5 Å². The van der Waals surface area contributed by atoms with Gasteiger partial charge in [-0.1, -0.05) is 30.3 Å². The normalized spacial score (nSPS) is 16.5. The number of furan rings is 1. The summed E-state index contributed by atoms with van der Waals surface area (Å²) >= 11 is 0. The van der Waals surface area contributed by atoms with Gasteiger partial charge in [-0.3, -0.25) is 9.80 Å². The third-order valence-corrected chi connectivity index (χ3v) is 6.37. The first-order valence-electron chi connectivity index (χ1n) is 12.2. The highest BCUT2D eigenvalue weighted by Gasteiger charge is 2.40. The van der Waals surface area contributed by atoms with E-state index in [-0.39, 0.29) is 25.3 Å². The minimum absolute atomic E-state index is 0.0769. The summed E-state index contributed by atoms with van der Waals surface area (Å²) < 4.78 is 27.2. The average molecular weight is 509 g/mol. The SMILES string of the molecule is CCOC(=O)N(Cc1ccccc1)[C@@H]1C[C@H](C)N(C(=O)OCc2ccoc2)c2cc(OC)c(OC)cc21. The molecule has 9 heteroatoms. The number of carbonyl (C=O) groups is 2. The van der Waals surface area contributed by atoms with Gasteiger partial charge in [-0.05, 0) is 38.0 Å². The summed E-state index contributed by atoms with van der Waals surface area (Å²) in [6.07, 6.45) is 2.59. The van der Waals surface area contributed by atoms with Gasteiger partial charge in [0.25, 0.3) is 0 Å². The number of hydrogen-bond donors (Lipinski definition) is 0. The molecule has 4 rings (SSSR count). The molecule has 1 aromatic heterocycles. The molecule has 3 aromatic rings. The first kappa shape index (κ1) is 25.9. The van der Waals surface area contributed by atoms with Gasteiger partial charge in [-0.15, -0.1) is 0 Å². The van der Waals surface area contributed by atoms with Crippen molar-refractivity contribution in [2.24, 2.45) is 0 Å². The summed E-state index contributed by atoms with van der Waals surface area (Å²) in [5, 5.41) is 0. The van der Waals surface area contributed by atoms with Gasteiger partial charge in [0.05, 0.1) is 45.1 Å². The van der Waals surface area contributed by atoms with Gasteiger partial charge < -0.3 is 23.4 Å². The van der Waals surface area contributed by atoms with Crippen molar-refractivity contribution < 1.29 is 33.0 Å². The second-order valence-electron chi connectivity index (χ2n) is 8.74. The summed E-state index contributed by atoms with van der Waals surface area (Å²) in [5.74, 6) is 0.962. The molecule has 0 unspecified atom stereocenters. The summed E-state index contributed by atoms with van der Waals surface area (Å²) in [6.45, 7) is 4.38. The van der Waals surface area contributed by atoms with Crippen LogP contribution >= 0.6 is 0 Å². The van der Waals surface area contributed by atoms with E-state index in [0.717, 1.165) is 16.7 Å². The van der Waals surface area contributed by atoms with Crippen molar-refractivity contribution in [3.8, 4) is 11.5 Å². The van der Waals surface area contributed by atoms with Crippen molar-refractivity contribution in [3.63, 3.8) is 0 Å². The molecule has 2 aromatic carbocycles. The summed E-state index contributed by atoms with van der Waals surface area (Å²) in [6, 6.07) is 14.4. The van der Waals surface area contributed by atoms with Crippen LogP contribution in [0.15, 0.2) is 65.5 Å². The second kappa shape index (κ2) is 11.7. The third-order valence-electron chi connectivity index (χ3n) is 6.37. The van der Waals surface area contributed by atoms with Crippen LogP contribution in [-0.2, 0) is 22.6 Å². The number of ether oxygens (including phenoxy) is 4. The molecule has 196 valence electrons. The fourth-order valence-corrected chi connectivity index (χ4v) is 4.60. The number of rotatable bonds is 8. The van der Waals surface area contributed by atoms with Crippen molar-refractivity contribution in [2.45, 2.75) is 45.5 Å². The van der Waals surface area contributed by atoms with Crippen molar-refractivity contribution in [3.05, 3.63) is 77.7 Å². The second-order valence-corrected chi connectivity index (χ2v) is 8.74. The van der Waals surface area contributed by atoms with Crippen LogP contribution in [0.3, 0.4) is 0 Å². The van der Waals surface area contributed by atoms with Crippen molar-refractivity contribution in [1.29, 1.82) is 0 Å². The Labute approximate surface area is 216 Å². The minimum Gasteiger partial charge on any atom is -0.493 e. The molecular formula is C28H32N2O7. The Kier molecular flexibility index (Phi) is 8.22. The van der Waals surface area contributed by atoms with E-state index >= 15 is 0 Å². The molecule has 37 heavy (non-hydrogen) atoms. The number of benzene rings is 2. The molecule has 0 saturated carbocycles. The number of hydrogen-bond acceptors (Lipinski definition) is 7. The predicted octanol–water partition coefficient (Wildman–Crippen LogP) is 5.93. The average Bonchev–Trinajstić information content (AvgIpc) is 3.44. The minimum atomic E-state index is -0.508. The Bertz CT molecular complexity index is 1200. The highest BCUT2D eigenvalue weighted by molar-refractivity contribution is 5.91. The number of amides is 2. The highest BCUT2D eigenvalue weighted by atomic mass is 16.6. The lowest BCUT2D eigenvalue weighted by atomic mass is 9.90. The molecule has 2 amide bonds. The van der Waals surface area contributed by atoms with Crippen molar-refractivity contribution >= 4 is 17.9 Å². The maximum Gasteiger partial charge on any atom is 0.414 e. The van der Waals surface area contributed by atoms with E-state index in [9.17, 15) is 9.59 Å². The molecular weight excluding hydrogens is 476 g/mol. The molecule has 1 aliphatic rings. The monoisotopic (exact) mass is 508 g/mol. The maximum atomic E-state index is 13.3. The van der Waals surface area contributed by atoms with E-state index in [1.165, 1.54) is 19.6 Å². The lowest BCUT2D eigenvalue weighted by molar-refractivity contribution is 0.0807. The van der Waals surface area contributed by atoms with Crippen LogP contribution in [0.4, 0.5) is 15.3 Å². The quantitative estimate of drug-likeness (QED) is 0.372. The predicted molar refractivity (Wildman–Crippen MR) is 137 cm³/mol. The molecule has 2 atom stereocenters. The zero-order chi connectivity index (χ0) is 26.4. The molecule has 0 fully saturated rings. The maximum absolute atomic E-state index is 13.3. The molecule has 2 heterocycles. The third kappa shape index (κ3) is 5.66. The van der Waals surface area contributed by atoms with Gasteiger partial charge in [0, 0.05) is 29.8 Å². The van der Waals surface area contributed by atoms with E-state index < -0.39 is 12.2 Å². The number of anilines is 1. The van der Waals surface area contributed by atoms with Gasteiger partial charge in [0.2, 0.25) is 0 Å². The molecule has 0 bridgehead atoms. The molecule has 9 nitrogen and oxygen atoms in total. The number of carbonyl (C=O) groups excluding carboxylic acids is 2. The molecule has 0 radical (unpaired) electrons. The Morgan fingerprint density at radius 2 is 1.76 bits per heavy atom. The highest BCUT2D eigenvalue weighted by Crippen LogP contribution is 2.46. The Hall–Kier alpha value is -4.14. The molecule has 0 spiro atoms. The standard InChI is InChI=1S/C28H32N2O7/c1-5-36-27(31)29(16-20-9-7-6-8-10-20)23-13-19(2)30(28(32)37-18-21-11-12-35-17-21)24-15-26(34-4)25(33-3)14-22(23)24/h6-12,14-15,17,19,23H,5,13,16,18H2,1-4H3/t19-,23+/m0/s1. The number of nitrogens with zero attached hydrogens (tertiary/aromatic N) is 2. The Morgan fingerprint density at radius 3 is 2.41 bits per heavy atom. The van der Waals surface area contributed by atoms with E-state index in [1.807, 2.05) is 43.3 Å². The summed E-state index contributed by atoms with van der Waals surface area (Å²) in [4.78, 5) is 29.8. The van der Waals surface area contributed by atoms with E-state index in [2.05, 4.69) is 0 Å². The van der Waals surface area contributed by atoms with Crippen LogP contribution in [-0.4, -0.2) is 44.0 Å². The molecule has 0 saturated heterocycles. The Balaban J connectivity index is 1.75. The van der Waals surface area contributed by atoms with Crippen LogP contribution in [0.2, 0.25) is 0 Å². The van der Waals surface area contributed by atoms with Gasteiger partial charge >= 0.3 is 12.2 Å². The van der Waals surface area contributed by atoms with E-state index in [0.29, 0.717) is 30.2 Å². The Morgan fingerprint density at radius 1 is 1.03 bits per heavy atom. The summed E-state index contributed by atoms with van der Waals surface area (Å²) in [5.41, 5.74) is 3.04. The van der Waals surface area contributed by atoms with Crippen LogP contribution < -0.4 is 14.4 Å². The number of methoxy groups -OCH3 is 2.